The molecule has 1 fully saturated rings. The summed E-state index contributed by atoms with van der Waals surface area (Å²) in [6, 6.07) is 7.83. The fourth-order valence-electron chi connectivity index (χ4n) is 1.90. The van der Waals surface area contributed by atoms with Crippen LogP contribution in [0.5, 0.6) is 5.75 Å². The average molecular weight is 330 g/mol. The zero-order valence-corrected chi connectivity index (χ0v) is 12.6. The standard InChI is InChI=1S/C14H20BrNO3/c15-13-2-1-3-14(12-13)19-11-10-18-9-6-16-4-7-17-8-5-16/h1-3,12H,4-11H2. The van der Waals surface area contributed by atoms with Crippen molar-refractivity contribution < 1.29 is 14.2 Å². The predicted octanol–water partition coefficient (Wildman–Crippen LogP) is 2.18. The van der Waals surface area contributed by atoms with Gasteiger partial charge in [-0.15, -0.1) is 0 Å². The van der Waals surface area contributed by atoms with Crippen LogP contribution in [-0.2, 0) is 9.47 Å². The van der Waals surface area contributed by atoms with Crippen LogP contribution < -0.4 is 4.74 Å². The molecule has 5 heteroatoms. The largest absolute Gasteiger partial charge is 0.491 e. The molecule has 1 aliphatic heterocycles. The molecule has 1 aromatic carbocycles. The van der Waals surface area contributed by atoms with E-state index in [1.54, 1.807) is 0 Å². The van der Waals surface area contributed by atoms with Gasteiger partial charge >= 0.3 is 0 Å². The summed E-state index contributed by atoms with van der Waals surface area (Å²) in [6.45, 7) is 6.63. The molecule has 0 aromatic heterocycles. The molecule has 1 heterocycles. The van der Waals surface area contributed by atoms with Crippen LogP contribution >= 0.6 is 15.9 Å². The van der Waals surface area contributed by atoms with Crippen molar-refractivity contribution in [2.75, 3.05) is 52.7 Å². The van der Waals surface area contributed by atoms with E-state index in [0.29, 0.717) is 13.2 Å². The van der Waals surface area contributed by atoms with E-state index < -0.39 is 0 Å². The van der Waals surface area contributed by atoms with Gasteiger partial charge in [0.15, 0.2) is 0 Å². The fourth-order valence-corrected chi connectivity index (χ4v) is 2.27. The third kappa shape index (κ3) is 5.91. The van der Waals surface area contributed by atoms with Crippen molar-refractivity contribution in [1.29, 1.82) is 0 Å². The molecule has 0 amide bonds. The van der Waals surface area contributed by atoms with Crippen molar-refractivity contribution in [3.8, 4) is 5.75 Å². The molecule has 0 saturated carbocycles. The maximum Gasteiger partial charge on any atom is 0.120 e. The number of hydrogen-bond acceptors (Lipinski definition) is 4. The van der Waals surface area contributed by atoms with E-state index in [9.17, 15) is 0 Å². The van der Waals surface area contributed by atoms with Gasteiger partial charge in [0.05, 0.1) is 26.4 Å². The van der Waals surface area contributed by atoms with E-state index in [4.69, 9.17) is 14.2 Å². The summed E-state index contributed by atoms with van der Waals surface area (Å²) < 4.78 is 17.5. The lowest BCUT2D eigenvalue weighted by molar-refractivity contribution is 0.0170. The van der Waals surface area contributed by atoms with Crippen molar-refractivity contribution in [2.24, 2.45) is 0 Å². The van der Waals surface area contributed by atoms with Crippen LogP contribution in [0.3, 0.4) is 0 Å². The second kappa shape index (κ2) is 8.53. The Bertz CT molecular complexity index is 369. The van der Waals surface area contributed by atoms with Crippen LogP contribution in [0.4, 0.5) is 0 Å². The summed E-state index contributed by atoms with van der Waals surface area (Å²) in [6.07, 6.45) is 0. The quantitative estimate of drug-likeness (QED) is 0.717. The lowest BCUT2D eigenvalue weighted by Gasteiger charge is -2.26. The second-order valence-electron chi connectivity index (χ2n) is 4.37. The molecule has 1 aromatic rings. The Morgan fingerprint density at radius 1 is 1.16 bits per heavy atom. The van der Waals surface area contributed by atoms with E-state index in [-0.39, 0.29) is 0 Å². The molecule has 2 rings (SSSR count). The molecule has 106 valence electrons. The van der Waals surface area contributed by atoms with E-state index >= 15 is 0 Å². The third-order valence-corrected chi connectivity index (χ3v) is 3.44. The molecule has 4 nitrogen and oxygen atoms in total. The molecule has 0 spiro atoms. The maximum atomic E-state index is 5.59. The lowest BCUT2D eigenvalue weighted by atomic mass is 10.3. The Morgan fingerprint density at radius 3 is 2.79 bits per heavy atom. The smallest absolute Gasteiger partial charge is 0.120 e. The summed E-state index contributed by atoms with van der Waals surface area (Å²) in [4.78, 5) is 2.36. The highest BCUT2D eigenvalue weighted by molar-refractivity contribution is 9.10. The normalized spacial score (nSPS) is 16.5. The summed E-state index contributed by atoms with van der Waals surface area (Å²) in [5.74, 6) is 0.867. The van der Waals surface area contributed by atoms with Crippen molar-refractivity contribution in [1.82, 2.24) is 4.90 Å². The zero-order valence-electron chi connectivity index (χ0n) is 11.0. The Hall–Kier alpha value is -0.620. The van der Waals surface area contributed by atoms with Crippen LogP contribution in [0.2, 0.25) is 0 Å². The predicted molar refractivity (Wildman–Crippen MR) is 77.7 cm³/mol. The summed E-state index contributed by atoms with van der Waals surface area (Å²) in [5, 5.41) is 0. The molecule has 0 atom stereocenters. The minimum Gasteiger partial charge on any atom is -0.491 e. The van der Waals surface area contributed by atoms with Gasteiger partial charge in [-0.2, -0.15) is 0 Å². The van der Waals surface area contributed by atoms with Crippen LogP contribution in [-0.4, -0.2) is 57.6 Å². The third-order valence-electron chi connectivity index (χ3n) is 2.95. The summed E-state index contributed by atoms with van der Waals surface area (Å²) in [7, 11) is 0. The minimum absolute atomic E-state index is 0.583. The van der Waals surface area contributed by atoms with Gasteiger partial charge in [0.2, 0.25) is 0 Å². The number of hydrogen-bond donors (Lipinski definition) is 0. The monoisotopic (exact) mass is 329 g/mol. The van der Waals surface area contributed by atoms with Crippen molar-refractivity contribution >= 4 is 15.9 Å². The molecular weight excluding hydrogens is 310 g/mol. The number of benzene rings is 1. The van der Waals surface area contributed by atoms with Gasteiger partial charge in [-0.25, -0.2) is 0 Å². The number of ether oxygens (including phenoxy) is 3. The highest BCUT2D eigenvalue weighted by atomic mass is 79.9. The molecule has 1 aliphatic rings. The number of rotatable bonds is 7. The van der Waals surface area contributed by atoms with Gasteiger partial charge in [-0.1, -0.05) is 22.0 Å². The van der Waals surface area contributed by atoms with Crippen LogP contribution in [0.15, 0.2) is 28.7 Å². The first-order valence-electron chi connectivity index (χ1n) is 6.61. The highest BCUT2D eigenvalue weighted by Crippen LogP contribution is 2.17. The van der Waals surface area contributed by atoms with Gasteiger partial charge in [0.1, 0.15) is 12.4 Å². The molecule has 0 bridgehead atoms. The number of nitrogens with zero attached hydrogens (tertiary/aromatic N) is 1. The first-order chi connectivity index (χ1) is 9.34. The molecule has 0 unspecified atom stereocenters. The Kier molecular flexibility index (Phi) is 6.64. The molecule has 1 saturated heterocycles. The SMILES string of the molecule is Brc1cccc(OCCOCCN2CCOCC2)c1. The molecule has 0 N–H and O–H groups in total. The first kappa shape index (κ1) is 14.8. The van der Waals surface area contributed by atoms with Crippen molar-refractivity contribution in [3.05, 3.63) is 28.7 Å². The Labute approximate surface area is 122 Å². The van der Waals surface area contributed by atoms with E-state index in [2.05, 4.69) is 20.8 Å². The van der Waals surface area contributed by atoms with E-state index in [1.165, 1.54) is 0 Å². The zero-order chi connectivity index (χ0) is 13.3. The summed E-state index contributed by atoms with van der Waals surface area (Å²) in [5.41, 5.74) is 0. The molecule has 0 radical (unpaired) electrons. The van der Waals surface area contributed by atoms with Gasteiger partial charge < -0.3 is 14.2 Å². The Morgan fingerprint density at radius 2 is 2.00 bits per heavy atom. The maximum absolute atomic E-state index is 5.59. The number of halogens is 1. The fraction of sp³-hybridized carbons (Fsp3) is 0.571. The van der Waals surface area contributed by atoms with Crippen LogP contribution in [0.1, 0.15) is 0 Å². The van der Waals surface area contributed by atoms with Crippen molar-refractivity contribution in [2.45, 2.75) is 0 Å². The highest BCUT2D eigenvalue weighted by Gasteiger charge is 2.09. The van der Waals surface area contributed by atoms with Gasteiger partial charge in [0, 0.05) is 24.1 Å². The minimum atomic E-state index is 0.583. The lowest BCUT2D eigenvalue weighted by Crippen LogP contribution is -2.38. The van der Waals surface area contributed by atoms with Crippen molar-refractivity contribution in [3.63, 3.8) is 0 Å². The molecule has 0 aliphatic carbocycles. The topological polar surface area (TPSA) is 30.9 Å². The van der Waals surface area contributed by atoms with E-state index in [1.807, 2.05) is 24.3 Å². The van der Waals surface area contributed by atoms with Gasteiger partial charge in [-0.05, 0) is 18.2 Å². The average Bonchev–Trinajstić information content (AvgIpc) is 2.44. The van der Waals surface area contributed by atoms with Gasteiger partial charge in [-0.3, -0.25) is 4.90 Å². The number of morpholine rings is 1. The van der Waals surface area contributed by atoms with E-state index in [0.717, 1.165) is 49.7 Å². The molecule has 19 heavy (non-hydrogen) atoms. The summed E-state index contributed by atoms with van der Waals surface area (Å²) >= 11 is 3.41. The second-order valence-corrected chi connectivity index (χ2v) is 5.29. The molecular formula is C14H20BrNO3. The van der Waals surface area contributed by atoms with Gasteiger partial charge in [0.25, 0.3) is 0 Å². The Balaban J connectivity index is 1.50. The first-order valence-corrected chi connectivity index (χ1v) is 7.40. The van der Waals surface area contributed by atoms with Crippen LogP contribution in [0, 0.1) is 0 Å². The van der Waals surface area contributed by atoms with Crippen LogP contribution in [0.25, 0.3) is 0 Å².